The van der Waals surface area contributed by atoms with E-state index in [-0.39, 0.29) is 18.2 Å². The maximum absolute atomic E-state index is 13.0. The normalized spacial score (nSPS) is 15.8. The Morgan fingerprint density at radius 2 is 2.08 bits per heavy atom. The molecule has 39 heavy (non-hydrogen) atoms. The van der Waals surface area contributed by atoms with E-state index < -0.39 is 6.04 Å². The van der Waals surface area contributed by atoms with Crippen molar-refractivity contribution in [2.45, 2.75) is 18.9 Å². The van der Waals surface area contributed by atoms with Gasteiger partial charge in [0.15, 0.2) is 0 Å². The molecule has 2 amide bonds. The van der Waals surface area contributed by atoms with Gasteiger partial charge in [0.1, 0.15) is 6.33 Å². The Labute approximate surface area is 228 Å². The third-order valence-electron chi connectivity index (χ3n) is 6.03. The number of tetrazole rings is 1. The summed E-state index contributed by atoms with van der Waals surface area (Å²) in [6.45, 7) is 0. The van der Waals surface area contributed by atoms with Crippen LogP contribution in [0.25, 0.3) is 22.9 Å². The molecule has 0 aliphatic carbocycles. The maximum Gasteiger partial charge on any atom is 0.244 e. The molecule has 0 saturated heterocycles. The van der Waals surface area contributed by atoms with Crippen LogP contribution in [-0.4, -0.2) is 37.0 Å². The molecule has 192 valence electrons. The molecule has 2 bridgehead atoms. The first-order valence-electron chi connectivity index (χ1n) is 12.0. The molecule has 3 heterocycles. The molecular formula is C28H21ClN8O2. The highest BCUT2D eigenvalue weighted by molar-refractivity contribution is 6.30. The summed E-state index contributed by atoms with van der Waals surface area (Å²) >= 11 is 6.18. The molecule has 0 radical (unpaired) electrons. The Hall–Kier alpha value is -5.14. The summed E-state index contributed by atoms with van der Waals surface area (Å²) in [5.41, 5.74) is 4.45. The molecular weight excluding hydrogens is 516 g/mol. The molecule has 11 heteroatoms. The number of benzene rings is 2. The predicted molar refractivity (Wildman–Crippen MR) is 145 cm³/mol. The van der Waals surface area contributed by atoms with Crippen LogP contribution in [0.1, 0.15) is 35.7 Å². The molecule has 0 saturated carbocycles. The number of carbonyl (C=O) groups excluding carboxylic acids is 2. The Balaban J connectivity index is 1.45. The lowest BCUT2D eigenvalue weighted by Gasteiger charge is -2.18. The first kappa shape index (κ1) is 25.5. The van der Waals surface area contributed by atoms with Gasteiger partial charge in [-0.3, -0.25) is 14.6 Å². The highest BCUT2D eigenvalue weighted by atomic mass is 35.5. The third-order valence-corrected chi connectivity index (χ3v) is 6.26. The lowest BCUT2D eigenvalue weighted by Crippen LogP contribution is -2.27. The van der Waals surface area contributed by atoms with Gasteiger partial charge in [-0.15, -0.1) is 5.10 Å². The first-order valence-corrected chi connectivity index (χ1v) is 12.3. The van der Waals surface area contributed by atoms with Crippen molar-refractivity contribution in [2.75, 3.05) is 5.32 Å². The fourth-order valence-corrected chi connectivity index (χ4v) is 4.35. The minimum atomic E-state index is -0.471. The summed E-state index contributed by atoms with van der Waals surface area (Å²) in [6, 6.07) is 15.6. The molecule has 5 rings (SSSR count). The number of halogens is 1. The van der Waals surface area contributed by atoms with Gasteiger partial charge in [0.2, 0.25) is 11.8 Å². The quantitative estimate of drug-likeness (QED) is 0.291. The van der Waals surface area contributed by atoms with E-state index in [0.29, 0.717) is 45.2 Å². The smallest absolute Gasteiger partial charge is 0.244 e. The van der Waals surface area contributed by atoms with E-state index in [2.05, 4.69) is 37.2 Å². The monoisotopic (exact) mass is 536 g/mol. The molecule has 1 aliphatic heterocycles. The number of aromatic nitrogens is 5. The Morgan fingerprint density at radius 1 is 1.18 bits per heavy atom. The summed E-state index contributed by atoms with van der Waals surface area (Å²) in [7, 11) is 0. The predicted octanol–water partition coefficient (Wildman–Crippen LogP) is 4.41. The van der Waals surface area contributed by atoms with Crippen LogP contribution in [0, 0.1) is 11.3 Å². The van der Waals surface area contributed by atoms with E-state index in [1.165, 1.54) is 17.1 Å². The van der Waals surface area contributed by atoms with Crippen LogP contribution in [0.5, 0.6) is 0 Å². The number of amides is 2. The SMILES string of the molecule is N#Cc1ccc2c(c1)-c1ccnc(c1)[C@@H](NC(=O)/C=C/c1cc(Cl)ccc1-n1cnnn1)C/C=C/CC(=O)N2. The van der Waals surface area contributed by atoms with Crippen LogP contribution in [0.15, 0.2) is 79.3 Å². The van der Waals surface area contributed by atoms with Gasteiger partial charge in [-0.2, -0.15) is 9.94 Å². The van der Waals surface area contributed by atoms with Gasteiger partial charge in [-0.1, -0.05) is 23.8 Å². The number of fused-ring (bicyclic) bond motifs is 4. The largest absolute Gasteiger partial charge is 0.344 e. The van der Waals surface area contributed by atoms with Gasteiger partial charge >= 0.3 is 0 Å². The van der Waals surface area contributed by atoms with Crippen molar-refractivity contribution in [3.8, 4) is 22.9 Å². The van der Waals surface area contributed by atoms with Crippen LogP contribution in [0.2, 0.25) is 5.02 Å². The van der Waals surface area contributed by atoms with Crippen LogP contribution in [-0.2, 0) is 9.59 Å². The lowest BCUT2D eigenvalue weighted by molar-refractivity contribution is -0.117. The number of nitrogens with one attached hydrogen (secondary N) is 2. The van der Waals surface area contributed by atoms with E-state index >= 15 is 0 Å². The second-order valence-corrected chi connectivity index (χ2v) is 9.09. The summed E-state index contributed by atoms with van der Waals surface area (Å²) in [5, 5.41) is 27.1. The van der Waals surface area contributed by atoms with E-state index in [9.17, 15) is 14.9 Å². The van der Waals surface area contributed by atoms with Gasteiger partial charge < -0.3 is 10.6 Å². The van der Waals surface area contributed by atoms with Gasteiger partial charge in [-0.25, -0.2) is 0 Å². The van der Waals surface area contributed by atoms with Crippen molar-refractivity contribution in [1.29, 1.82) is 5.26 Å². The van der Waals surface area contributed by atoms with Crippen molar-refractivity contribution >= 4 is 35.2 Å². The number of carbonyl (C=O) groups is 2. The standard InChI is InChI=1S/C28H21ClN8O2/c29-21-7-9-26(37-17-32-35-36-37)20(14-21)6-10-28(39)34-24-3-1-2-4-27(38)33-23-8-5-18(16-30)13-22(23)19-11-12-31-25(24)15-19/h1-2,5-15,17,24H,3-4H2,(H,33,38)(H,34,39)/b2-1+,10-6+/t24-/m0/s1. The average molecular weight is 537 g/mol. The average Bonchev–Trinajstić information content (AvgIpc) is 3.48. The molecule has 0 fully saturated rings. The maximum atomic E-state index is 13.0. The number of hydrogen-bond acceptors (Lipinski definition) is 7. The summed E-state index contributed by atoms with van der Waals surface area (Å²) < 4.78 is 1.48. The fraction of sp³-hybridized carbons (Fsp3) is 0.107. The Kier molecular flexibility index (Phi) is 7.52. The molecule has 1 aliphatic rings. The fourth-order valence-electron chi connectivity index (χ4n) is 4.17. The Morgan fingerprint density at radius 3 is 2.90 bits per heavy atom. The number of anilines is 1. The highest BCUT2D eigenvalue weighted by Gasteiger charge is 2.17. The number of pyridine rings is 1. The van der Waals surface area contributed by atoms with Gasteiger partial charge in [0.25, 0.3) is 0 Å². The second-order valence-electron chi connectivity index (χ2n) is 8.65. The van der Waals surface area contributed by atoms with Gasteiger partial charge in [-0.05, 0) is 77.0 Å². The Bertz CT molecular complexity index is 1640. The molecule has 2 aromatic carbocycles. The summed E-state index contributed by atoms with van der Waals surface area (Å²) in [4.78, 5) is 30.1. The zero-order chi connectivity index (χ0) is 27.2. The number of nitriles is 1. The van der Waals surface area contributed by atoms with E-state index in [0.717, 1.165) is 5.56 Å². The summed E-state index contributed by atoms with van der Waals surface area (Å²) in [5.74, 6) is -0.532. The first-order chi connectivity index (χ1) is 19.0. The molecule has 0 spiro atoms. The summed E-state index contributed by atoms with van der Waals surface area (Å²) in [6.07, 6.45) is 10.3. The number of hydrogen-bond donors (Lipinski definition) is 2. The molecule has 0 unspecified atom stereocenters. The van der Waals surface area contributed by atoms with Gasteiger partial charge in [0.05, 0.1) is 29.1 Å². The van der Waals surface area contributed by atoms with Crippen molar-refractivity contribution in [2.24, 2.45) is 0 Å². The number of nitrogens with zero attached hydrogens (tertiary/aromatic N) is 6. The van der Waals surface area contributed by atoms with Crippen molar-refractivity contribution < 1.29 is 9.59 Å². The molecule has 4 aromatic rings. The van der Waals surface area contributed by atoms with Crippen molar-refractivity contribution in [3.05, 3.63) is 101 Å². The van der Waals surface area contributed by atoms with E-state index in [1.54, 1.807) is 60.8 Å². The lowest BCUT2D eigenvalue weighted by atomic mass is 9.98. The molecule has 2 N–H and O–H groups in total. The minimum Gasteiger partial charge on any atom is -0.344 e. The molecule has 2 aromatic heterocycles. The van der Waals surface area contributed by atoms with Crippen LogP contribution >= 0.6 is 11.6 Å². The van der Waals surface area contributed by atoms with Crippen LogP contribution in [0.3, 0.4) is 0 Å². The molecule has 10 nitrogen and oxygen atoms in total. The van der Waals surface area contributed by atoms with Crippen molar-refractivity contribution in [3.63, 3.8) is 0 Å². The second kappa shape index (κ2) is 11.5. The van der Waals surface area contributed by atoms with E-state index in [4.69, 9.17) is 11.6 Å². The zero-order valence-electron chi connectivity index (χ0n) is 20.5. The topological polar surface area (TPSA) is 138 Å². The van der Waals surface area contributed by atoms with Crippen LogP contribution in [0.4, 0.5) is 5.69 Å². The minimum absolute atomic E-state index is 0.163. The zero-order valence-corrected chi connectivity index (χ0v) is 21.2. The third kappa shape index (κ3) is 6.06. The number of rotatable bonds is 4. The highest BCUT2D eigenvalue weighted by Crippen LogP contribution is 2.31. The van der Waals surface area contributed by atoms with E-state index in [1.807, 2.05) is 12.1 Å². The van der Waals surface area contributed by atoms with Gasteiger partial charge in [0, 0.05) is 40.5 Å². The van der Waals surface area contributed by atoms with Crippen LogP contribution < -0.4 is 10.6 Å². The van der Waals surface area contributed by atoms with Crippen molar-refractivity contribution in [1.82, 2.24) is 30.5 Å². The molecule has 1 atom stereocenters.